The van der Waals surface area contributed by atoms with E-state index in [9.17, 15) is 9.90 Å². The zero-order valence-electron chi connectivity index (χ0n) is 14.5. The number of rotatable bonds is 5. The maximum atomic E-state index is 12.3. The summed E-state index contributed by atoms with van der Waals surface area (Å²) >= 11 is 0. The second-order valence-corrected chi connectivity index (χ2v) is 6.51. The summed E-state index contributed by atoms with van der Waals surface area (Å²) in [6.45, 7) is 2.92. The number of fused-ring (bicyclic) bond motifs is 1. The van der Waals surface area contributed by atoms with Crippen LogP contribution >= 0.6 is 0 Å². The van der Waals surface area contributed by atoms with Gasteiger partial charge in [-0.2, -0.15) is 0 Å². The fraction of sp³-hybridized carbons (Fsp3) is 0.190. The molecule has 1 atom stereocenters. The van der Waals surface area contributed by atoms with Crippen LogP contribution in [-0.4, -0.2) is 24.6 Å². The lowest BCUT2D eigenvalue weighted by molar-refractivity contribution is -0.885. The van der Waals surface area contributed by atoms with E-state index in [2.05, 4.69) is 5.32 Å². The molecule has 1 amide bonds. The lowest BCUT2D eigenvalue weighted by atomic mass is 10.0. The van der Waals surface area contributed by atoms with E-state index in [1.54, 1.807) is 6.07 Å². The molecule has 0 fully saturated rings. The second-order valence-electron chi connectivity index (χ2n) is 6.51. The Kier molecular flexibility index (Phi) is 5.00. The molecule has 0 saturated heterocycles. The molecule has 0 bridgehead atoms. The maximum absolute atomic E-state index is 12.3. The third kappa shape index (κ3) is 4.17. The summed E-state index contributed by atoms with van der Waals surface area (Å²) in [6.07, 6.45) is 0. The molecule has 25 heavy (non-hydrogen) atoms. The Morgan fingerprint density at radius 1 is 1.04 bits per heavy atom. The van der Waals surface area contributed by atoms with Gasteiger partial charge >= 0.3 is 0 Å². The van der Waals surface area contributed by atoms with E-state index in [4.69, 9.17) is 0 Å². The van der Waals surface area contributed by atoms with Crippen LogP contribution in [-0.2, 0) is 11.3 Å². The van der Waals surface area contributed by atoms with Gasteiger partial charge in [-0.1, -0.05) is 48.0 Å². The number of phenols is 1. The summed E-state index contributed by atoms with van der Waals surface area (Å²) in [6, 6.07) is 19.4. The van der Waals surface area contributed by atoms with Crippen molar-refractivity contribution in [3.8, 4) is 5.75 Å². The van der Waals surface area contributed by atoms with E-state index in [0.717, 1.165) is 32.5 Å². The van der Waals surface area contributed by atoms with E-state index in [1.807, 2.05) is 68.6 Å². The fourth-order valence-electron chi connectivity index (χ4n) is 2.99. The van der Waals surface area contributed by atoms with Gasteiger partial charge in [-0.3, -0.25) is 4.79 Å². The monoisotopic (exact) mass is 335 g/mol. The van der Waals surface area contributed by atoms with E-state index < -0.39 is 0 Å². The first-order valence-electron chi connectivity index (χ1n) is 8.40. The molecule has 0 aliphatic carbocycles. The van der Waals surface area contributed by atoms with E-state index >= 15 is 0 Å². The Bertz CT molecular complexity index is 888. The van der Waals surface area contributed by atoms with Crippen LogP contribution in [0.5, 0.6) is 5.75 Å². The average molecular weight is 335 g/mol. The molecule has 128 valence electrons. The molecule has 3 aromatic rings. The summed E-state index contributed by atoms with van der Waals surface area (Å²) in [4.78, 5) is 13.3. The molecule has 3 N–H and O–H groups in total. The first-order chi connectivity index (χ1) is 12.0. The number of aromatic hydroxyl groups is 1. The van der Waals surface area contributed by atoms with E-state index in [1.165, 1.54) is 0 Å². The number of hydrogen-bond acceptors (Lipinski definition) is 2. The van der Waals surface area contributed by atoms with Crippen molar-refractivity contribution in [1.82, 2.24) is 0 Å². The molecule has 1 unspecified atom stereocenters. The molecule has 0 aromatic heterocycles. The number of carbonyl (C=O) groups excluding carboxylic acids is 1. The molecular weight excluding hydrogens is 312 g/mol. The summed E-state index contributed by atoms with van der Waals surface area (Å²) in [5.74, 6) is 0.234. The highest BCUT2D eigenvalue weighted by molar-refractivity contribution is 5.91. The second kappa shape index (κ2) is 7.36. The van der Waals surface area contributed by atoms with E-state index in [-0.39, 0.29) is 11.7 Å². The number of quaternary nitrogens is 1. The number of aryl methyl sites for hydroxylation is 1. The van der Waals surface area contributed by atoms with Crippen molar-refractivity contribution in [1.29, 1.82) is 0 Å². The number of nitrogens with one attached hydrogen (secondary N) is 2. The highest BCUT2D eigenvalue weighted by Gasteiger charge is 2.15. The number of hydrogen-bond donors (Lipinski definition) is 3. The Balaban J connectivity index is 1.68. The molecule has 0 heterocycles. The van der Waals surface area contributed by atoms with Gasteiger partial charge in [0, 0.05) is 5.69 Å². The van der Waals surface area contributed by atoms with Crippen molar-refractivity contribution >= 4 is 22.4 Å². The van der Waals surface area contributed by atoms with Crippen molar-refractivity contribution < 1.29 is 14.8 Å². The molecular formula is C21H23N2O2+. The first-order valence-corrected chi connectivity index (χ1v) is 8.40. The zero-order valence-corrected chi connectivity index (χ0v) is 14.5. The first kappa shape index (κ1) is 17.0. The van der Waals surface area contributed by atoms with Crippen molar-refractivity contribution in [2.45, 2.75) is 13.5 Å². The minimum atomic E-state index is -0.0407. The van der Waals surface area contributed by atoms with Gasteiger partial charge in [0.25, 0.3) is 5.91 Å². The third-order valence-corrected chi connectivity index (χ3v) is 4.29. The standard InChI is InChI=1S/C21H22N2O2/c1-15-7-10-17(11-8-15)22-21(25)14-23(2)13-19-18-6-4-3-5-16(18)9-12-20(19)24/h3-12,24H,13-14H2,1-2H3,(H,22,25)/p+1. The number of benzene rings is 3. The van der Waals surface area contributed by atoms with Crippen LogP contribution in [0.4, 0.5) is 5.69 Å². The summed E-state index contributed by atoms with van der Waals surface area (Å²) in [5, 5.41) is 15.3. The van der Waals surface area contributed by atoms with E-state index in [0.29, 0.717) is 13.1 Å². The molecule has 0 spiro atoms. The van der Waals surface area contributed by atoms with Gasteiger partial charge in [0.15, 0.2) is 6.54 Å². The smallest absolute Gasteiger partial charge is 0.279 e. The van der Waals surface area contributed by atoms with Crippen LogP contribution in [0.3, 0.4) is 0 Å². The van der Waals surface area contributed by atoms with Crippen LogP contribution < -0.4 is 10.2 Å². The van der Waals surface area contributed by atoms with Crippen molar-refractivity contribution in [2.24, 2.45) is 0 Å². The van der Waals surface area contributed by atoms with Crippen LogP contribution in [0.1, 0.15) is 11.1 Å². The summed E-state index contributed by atoms with van der Waals surface area (Å²) in [7, 11) is 1.95. The number of phenolic OH excluding ortho intramolecular Hbond substituents is 1. The zero-order chi connectivity index (χ0) is 17.8. The van der Waals surface area contributed by atoms with Crippen LogP contribution in [0, 0.1) is 6.92 Å². The Hall–Kier alpha value is -2.85. The average Bonchev–Trinajstić information content (AvgIpc) is 2.59. The SMILES string of the molecule is Cc1ccc(NC(=O)C[NH+](C)Cc2c(O)ccc3ccccc23)cc1. The molecule has 3 rings (SSSR count). The Morgan fingerprint density at radius 2 is 1.76 bits per heavy atom. The summed E-state index contributed by atoms with van der Waals surface area (Å²) < 4.78 is 0. The highest BCUT2D eigenvalue weighted by atomic mass is 16.3. The van der Waals surface area contributed by atoms with Crippen LogP contribution in [0.25, 0.3) is 10.8 Å². The molecule has 0 radical (unpaired) electrons. The van der Waals surface area contributed by atoms with Crippen molar-refractivity contribution in [3.63, 3.8) is 0 Å². The number of anilines is 1. The number of likely N-dealkylation sites (N-methyl/N-ethyl adjacent to an activating group) is 1. The third-order valence-electron chi connectivity index (χ3n) is 4.29. The van der Waals surface area contributed by atoms with Gasteiger partial charge in [0.2, 0.25) is 0 Å². The lowest BCUT2D eigenvalue weighted by Crippen LogP contribution is -3.08. The predicted octanol–water partition coefficient (Wildman–Crippen LogP) is 2.51. The van der Waals surface area contributed by atoms with Gasteiger partial charge in [-0.05, 0) is 35.9 Å². The maximum Gasteiger partial charge on any atom is 0.279 e. The van der Waals surface area contributed by atoms with Gasteiger partial charge < -0.3 is 15.3 Å². The highest BCUT2D eigenvalue weighted by Crippen LogP contribution is 2.26. The summed E-state index contributed by atoms with van der Waals surface area (Å²) in [5.41, 5.74) is 2.84. The molecule has 4 nitrogen and oxygen atoms in total. The molecule has 0 saturated carbocycles. The minimum Gasteiger partial charge on any atom is -0.507 e. The van der Waals surface area contributed by atoms with Gasteiger partial charge in [-0.25, -0.2) is 0 Å². The van der Waals surface area contributed by atoms with Crippen molar-refractivity contribution in [3.05, 3.63) is 71.8 Å². The number of carbonyl (C=O) groups is 1. The van der Waals surface area contributed by atoms with Gasteiger partial charge in [0.05, 0.1) is 12.6 Å². The molecule has 0 aliphatic heterocycles. The van der Waals surface area contributed by atoms with Crippen LogP contribution in [0.15, 0.2) is 60.7 Å². The normalized spacial score (nSPS) is 12.1. The van der Waals surface area contributed by atoms with Crippen LogP contribution in [0.2, 0.25) is 0 Å². The quantitative estimate of drug-likeness (QED) is 0.671. The Morgan fingerprint density at radius 3 is 2.52 bits per heavy atom. The van der Waals surface area contributed by atoms with Gasteiger partial charge in [0.1, 0.15) is 12.3 Å². The topological polar surface area (TPSA) is 53.8 Å². The molecule has 0 aliphatic rings. The lowest BCUT2D eigenvalue weighted by Gasteiger charge is -2.16. The molecule has 4 heteroatoms. The fourth-order valence-corrected chi connectivity index (χ4v) is 2.99. The number of amides is 1. The Labute approximate surface area is 147 Å². The van der Waals surface area contributed by atoms with Gasteiger partial charge in [-0.15, -0.1) is 0 Å². The molecule has 3 aromatic carbocycles. The predicted molar refractivity (Wildman–Crippen MR) is 101 cm³/mol. The van der Waals surface area contributed by atoms with Crippen molar-refractivity contribution in [2.75, 3.05) is 18.9 Å². The largest absolute Gasteiger partial charge is 0.507 e. The minimum absolute atomic E-state index is 0.0407.